The molecular weight excluding hydrogens is 450 g/mol. The van der Waals surface area contributed by atoms with Crippen LogP contribution in [0.15, 0.2) is 93.0 Å². The third-order valence-corrected chi connectivity index (χ3v) is 8.09. The van der Waals surface area contributed by atoms with Crippen LogP contribution in [-0.2, 0) is 10.0 Å². The van der Waals surface area contributed by atoms with E-state index in [9.17, 15) is 18.0 Å². The second kappa shape index (κ2) is 9.00. The Morgan fingerprint density at radius 2 is 1.38 bits per heavy atom. The summed E-state index contributed by atoms with van der Waals surface area (Å²) < 4.78 is 32.9. The average Bonchev–Trinajstić information content (AvgIpc) is 2.89. The maximum absolute atomic E-state index is 13.5. The minimum Gasteiger partial charge on any atom is -0.418 e. The molecule has 0 bridgehead atoms. The van der Waals surface area contributed by atoms with E-state index in [-0.39, 0.29) is 16.2 Å². The monoisotopic (exact) mass is 473 g/mol. The van der Waals surface area contributed by atoms with E-state index in [4.69, 9.17) is 4.42 Å². The Balaban J connectivity index is 1.59. The van der Waals surface area contributed by atoms with Crippen LogP contribution in [0.3, 0.4) is 0 Å². The number of rotatable bonds is 5. The summed E-state index contributed by atoms with van der Waals surface area (Å²) in [4.78, 5) is 26.3. The van der Waals surface area contributed by atoms with Gasteiger partial charge in [0.15, 0.2) is 5.76 Å². The van der Waals surface area contributed by atoms with E-state index in [1.165, 1.54) is 28.6 Å². The predicted octanol–water partition coefficient (Wildman–Crippen LogP) is 4.87. The summed E-state index contributed by atoms with van der Waals surface area (Å²) in [6.45, 7) is 1.01. The van der Waals surface area contributed by atoms with Crippen molar-refractivity contribution in [2.75, 3.05) is 13.1 Å². The van der Waals surface area contributed by atoms with Crippen LogP contribution in [0.4, 0.5) is 0 Å². The summed E-state index contributed by atoms with van der Waals surface area (Å²) in [7, 11) is -3.61. The van der Waals surface area contributed by atoms with Crippen LogP contribution < -0.4 is 5.63 Å². The fraction of sp³-hybridized carbons (Fsp3) is 0.185. The molecule has 0 spiro atoms. The molecule has 1 aromatic heterocycles. The van der Waals surface area contributed by atoms with Crippen molar-refractivity contribution in [2.45, 2.75) is 24.2 Å². The lowest BCUT2D eigenvalue weighted by Gasteiger charge is -2.25. The standard InChI is InChI=1S/C27H23NO5S/c29-25(20-13-15-21(16-14-20)34(31,32)28-17-7-2-8-18-28)26-24(19-9-3-1-4-10-19)22-11-5-6-12-23(22)27(30)33-26/h1,3-6,9-16H,2,7-8,17-18H2. The number of hydrogen-bond donors (Lipinski definition) is 0. The molecule has 0 amide bonds. The van der Waals surface area contributed by atoms with Crippen molar-refractivity contribution < 1.29 is 17.6 Å². The number of carbonyl (C=O) groups excluding carboxylic acids is 1. The molecular formula is C27H23NO5S. The Kier molecular flexibility index (Phi) is 5.89. The lowest BCUT2D eigenvalue weighted by Crippen LogP contribution is -2.35. The van der Waals surface area contributed by atoms with Crippen molar-refractivity contribution in [3.63, 3.8) is 0 Å². The highest BCUT2D eigenvalue weighted by Gasteiger charge is 2.27. The number of ketones is 1. The van der Waals surface area contributed by atoms with Gasteiger partial charge >= 0.3 is 5.63 Å². The lowest BCUT2D eigenvalue weighted by molar-refractivity contribution is 0.101. The van der Waals surface area contributed by atoms with Crippen molar-refractivity contribution >= 4 is 26.6 Å². The normalized spacial score (nSPS) is 14.8. The van der Waals surface area contributed by atoms with E-state index in [1.807, 2.05) is 36.4 Å². The molecule has 0 N–H and O–H groups in total. The molecule has 5 rings (SSSR count). The summed E-state index contributed by atoms with van der Waals surface area (Å²) in [5, 5.41) is 1.01. The zero-order valence-electron chi connectivity index (χ0n) is 18.4. The molecule has 1 saturated heterocycles. The third-order valence-electron chi connectivity index (χ3n) is 6.18. The summed E-state index contributed by atoms with van der Waals surface area (Å²) >= 11 is 0. The third kappa shape index (κ3) is 3.97. The van der Waals surface area contributed by atoms with Crippen molar-refractivity contribution in [1.82, 2.24) is 4.31 Å². The van der Waals surface area contributed by atoms with Crippen LogP contribution in [0.2, 0.25) is 0 Å². The van der Waals surface area contributed by atoms with Crippen molar-refractivity contribution in [1.29, 1.82) is 0 Å². The van der Waals surface area contributed by atoms with Gasteiger partial charge < -0.3 is 4.42 Å². The molecule has 7 heteroatoms. The summed E-state index contributed by atoms with van der Waals surface area (Å²) in [6.07, 6.45) is 2.72. The Labute approximate surface area is 197 Å². The van der Waals surface area contributed by atoms with Gasteiger partial charge in [-0.25, -0.2) is 13.2 Å². The molecule has 0 unspecified atom stereocenters. The van der Waals surface area contributed by atoms with Crippen molar-refractivity contribution in [2.24, 2.45) is 0 Å². The van der Waals surface area contributed by atoms with Crippen LogP contribution in [0.1, 0.15) is 35.4 Å². The smallest absolute Gasteiger partial charge is 0.344 e. The number of sulfonamides is 1. The predicted molar refractivity (Wildman–Crippen MR) is 130 cm³/mol. The highest BCUT2D eigenvalue weighted by Crippen LogP contribution is 2.32. The summed E-state index contributed by atoms with van der Waals surface area (Å²) in [6, 6.07) is 22.1. The topological polar surface area (TPSA) is 84.7 Å². The molecule has 0 radical (unpaired) electrons. The number of hydrogen-bond acceptors (Lipinski definition) is 5. The van der Waals surface area contributed by atoms with E-state index in [1.54, 1.807) is 18.2 Å². The first-order chi connectivity index (χ1) is 16.5. The zero-order valence-corrected chi connectivity index (χ0v) is 19.3. The largest absolute Gasteiger partial charge is 0.418 e. The minimum atomic E-state index is -3.61. The average molecular weight is 474 g/mol. The van der Waals surface area contributed by atoms with Crippen LogP contribution in [0.25, 0.3) is 21.9 Å². The van der Waals surface area contributed by atoms with E-state index in [2.05, 4.69) is 0 Å². The Morgan fingerprint density at radius 3 is 2.06 bits per heavy atom. The van der Waals surface area contributed by atoms with Gasteiger partial charge in [-0.05, 0) is 48.7 Å². The van der Waals surface area contributed by atoms with Gasteiger partial charge in [-0.15, -0.1) is 0 Å². The van der Waals surface area contributed by atoms with Gasteiger partial charge in [-0.2, -0.15) is 4.31 Å². The molecule has 0 atom stereocenters. The molecule has 1 fully saturated rings. The van der Waals surface area contributed by atoms with Crippen molar-refractivity contribution in [3.05, 3.63) is 101 Å². The molecule has 6 nitrogen and oxygen atoms in total. The van der Waals surface area contributed by atoms with Crippen LogP contribution in [-0.4, -0.2) is 31.6 Å². The fourth-order valence-corrected chi connectivity index (χ4v) is 5.93. The molecule has 1 aliphatic rings. The molecule has 34 heavy (non-hydrogen) atoms. The number of fused-ring (bicyclic) bond motifs is 1. The second-order valence-electron chi connectivity index (χ2n) is 8.32. The second-order valence-corrected chi connectivity index (χ2v) is 10.3. The molecule has 0 saturated carbocycles. The van der Waals surface area contributed by atoms with Gasteiger partial charge in [0.1, 0.15) is 0 Å². The van der Waals surface area contributed by atoms with Crippen molar-refractivity contribution in [3.8, 4) is 11.1 Å². The minimum absolute atomic E-state index is 0.0680. The van der Waals surface area contributed by atoms with Gasteiger partial charge in [0.25, 0.3) is 0 Å². The quantitative estimate of drug-likeness (QED) is 0.386. The first kappa shape index (κ1) is 22.3. The van der Waals surface area contributed by atoms with Gasteiger partial charge in [0.05, 0.1) is 10.3 Å². The van der Waals surface area contributed by atoms with Crippen LogP contribution in [0, 0.1) is 0 Å². The Bertz CT molecular complexity index is 1520. The van der Waals surface area contributed by atoms with Gasteiger partial charge in [-0.1, -0.05) is 55.0 Å². The fourth-order valence-electron chi connectivity index (χ4n) is 4.42. The number of carbonyl (C=O) groups is 1. The maximum Gasteiger partial charge on any atom is 0.344 e. The lowest BCUT2D eigenvalue weighted by atomic mass is 9.95. The maximum atomic E-state index is 13.5. The first-order valence-electron chi connectivity index (χ1n) is 11.2. The highest BCUT2D eigenvalue weighted by molar-refractivity contribution is 7.89. The van der Waals surface area contributed by atoms with E-state index >= 15 is 0 Å². The van der Waals surface area contributed by atoms with Gasteiger partial charge in [0.2, 0.25) is 15.8 Å². The molecule has 172 valence electrons. The first-order valence-corrected chi connectivity index (χ1v) is 12.7. The molecule has 0 aliphatic carbocycles. The molecule has 2 heterocycles. The van der Waals surface area contributed by atoms with Gasteiger partial charge in [-0.3, -0.25) is 4.79 Å². The van der Waals surface area contributed by atoms with Gasteiger partial charge in [0, 0.05) is 29.6 Å². The molecule has 3 aromatic carbocycles. The number of nitrogens with zero attached hydrogens (tertiary/aromatic N) is 1. The van der Waals surface area contributed by atoms with E-state index in [0.717, 1.165) is 24.8 Å². The summed E-state index contributed by atoms with van der Waals surface area (Å²) in [5.41, 5.74) is 0.928. The molecule has 4 aromatic rings. The Hall–Kier alpha value is -3.55. The SMILES string of the molecule is O=C(c1ccc(S(=O)(=O)N2CCCCC2)cc1)c1oc(=O)c2ccccc2c1-c1ccccc1. The van der Waals surface area contributed by atoms with Crippen LogP contribution in [0.5, 0.6) is 0 Å². The van der Waals surface area contributed by atoms with E-state index in [0.29, 0.717) is 29.4 Å². The number of piperidine rings is 1. The summed E-state index contributed by atoms with van der Waals surface area (Å²) in [5.74, 6) is -0.551. The van der Waals surface area contributed by atoms with Crippen LogP contribution >= 0.6 is 0 Å². The molecule has 1 aliphatic heterocycles. The Morgan fingerprint density at radius 1 is 0.765 bits per heavy atom. The zero-order chi connectivity index (χ0) is 23.7. The highest BCUT2D eigenvalue weighted by atomic mass is 32.2. The number of benzene rings is 3. The van der Waals surface area contributed by atoms with E-state index < -0.39 is 21.4 Å².